The van der Waals surface area contributed by atoms with Gasteiger partial charge in [-0.25, -0.2) is 4.98 Å². The first-order valence-corrected chi connectivity index (χ1v) is 10.4. The number of nitrogens with zero attached hydrogens (tertiary/aromatic N) is 2. The van der Waals surface area contributed by atoms with Gasteiger partial charge in [-0.2, -0.15) is 0 Å². The lowest BCUT2D eigenvalue weighted by Gasteiger charge is -2.37. The number of methoxy groups -OCH3 is 3. The number of benzene rings is 2. The normalized spacial score (nSPS) is 18.5. The molecule has 1 aliphatic heterocycles. The summed E-state index contributed by atoms with van der Waals surface area (Å²) in [6, 6.07) is 13.3. The maximum absolute atomic E-state index is 14.0. The molecule has 0 amide bonds. The standard InChI is InChI=1S/C24H28N4O4/c1-24(10-11-30-3)21(29)20(22-26-18-8-6-7-9-19(18)27-22)23(25-2)28(24)15-12-16(31-4)14-17(13-15)32-5/h6-9,12-14,25H,10-11H2,1-5H3,(H,26,27). The van der Waals surface area contributed by atoms with Crippen molar-refractivity contribution < 1.29 is 19.0 Å². The number of hydrogen-bond acceptors (Lipinski definition) is 7. The number of carbonyl (C=O) groups excluding carboxylic acids is 1. The van der Waals surface area contributed by atoms with Gasteiger partial charge in [-0.15, -0.1) is 0 Å². The maximum Gasteiger partial charge on any atom is 0.195 e. The van der Waals surface area contributed by atoms with E-state index in [1.165, 1.54) is 0 Å². The summed E-state index contributed by atoms with van der Waals surface area (Å²) in [4.78, 5) is 24.0. The minimum absolute atomic E-state index is 0.0419. The van der Waals surface area contributed by atoms with E-state index in [0.717, 1.165) is 16.7 Å². The molecule has 32 heavy (non-hydrogen) atoms. The van der Waals surface area contributed by atoms with Crippen LogP contribution >= 0.6 is 0 Å². The molecule has 8 heteroatoms. The lowest BCUT2D eigenvalue weighted by molar-refractivity contribution is -0.117. The fraction of sp³-hybridized carbons (Fsp3) is 0.333. The van der Waals surface area contributed by atoms with E-state index in [1.807, 2.05) is 48.2 Å². The highest BCUT2D eigenvalue weighted by atomic mass is 16.5. The average molecular weight is 437 g/mol. The Balaban J connectivity index is 1.94. The fourth-order valence-corrected chi connectivity index (χ4v) is 4.23. The molecule has 0 fully saturated rings. The van der Waals surface area contributed by atoms with Crippen molar-refractivity contribution in [3.05, 3.63) is 54.1 Å². The Labute approximate surface area is 187 Å². The molecule has 1 unspecified atom stereocenters. The number of rotatable bonds is 8. The van der Waals surface area contributed by atoms with E-state index in [0.29, 0.717) is 41.7 Å². The van der Waals surface area contributed by atoms with Crippen LogP contribution in [0.2, 0.25) is 0 Å². The number of ketones is 1. The lowest BCUT2D eigenvalue weighted by Crippen LogP contribution is -2.49. The number of anilines is 1. The van der Waals surface area contributed by atoms with Gasteiger partial charge in [0.1, 0.15) is 34.3 Å². The minimum atomic E-state index is -0.903. The van der Waals surface area contributed by atoms with E-state index in [9.17, 15) is 4.79 Å². The summed E-state index contributed by atoms with van der Waals surface area (Å²) in [5.74, 6) is 2.41. The number of Topliss-reactive ketones (excluding diaryl/α,β-unsaturated/α-hetero) is 1. The van der Waals surface area contributed by atoms with E-state index in [-0.39, 0.29) is 5.78 Å². The van der Waals surface area contributed by atoms with Crippen molar-refractivity contribution in [1.29, 1.82) is 0 Å². The topological polar surface area (TPSA) is 88.7 Å². The van der Waals surface area contributed by atoms with Crippen LogP contribution in [-0.4, -0.2) is 56.3 Å². The van der Waals surface area contributed by atoms with Gasteiger partial charge in [0.05, 0.1) is 30.9 Å². The largest absolute Gasteiger partial charge is 0.497 e. The van der Waals surface area contributed by atoms with Gasteiger partial charge in [-0.05, 0) is 19.1 Å². The first-order valence-electron chi connectivity index (χ1n) is 10.4. The number of imidazole rings is 1. The van der Waals surface area contributed by atoms with Gasteiger partial charge < -0.3 is 29.4 Å². The molecule has 0 radical (unpaired) electrons. The van der Waals surface area contributed by atoms with E-state index >= 15 is 0 Å². The molecule has 0 aliphatic carbocycles. The number of aromatic nitrogens is 2. The van der Waals surface area contributed by atoms with Crippen LogP contribution in [0.15, 0.2) is 48.3 Å². The van der Waals surface area contributed by atoms with Gasteiger partial charge >= 0.3 is 0 Å². The number of carbonyl (C=O) groups is 1. The Hall–Kier alpha value is -3.52. The SMILES string of the molecule is CNC1=C(c2nc3ccccc3[nH]2)C(=O)C(C)(CCOC)N1c1cc(OC)cc(OC)c1. The molecule has 1 aromatic heterocycles. The van der Waals surface area contributed by atoms with Gasteiger partial charge in [-0.3, -0.25) is 4.79 Å². The summed E-state index contributed by atoms with van der Waals surface area (Å²) in [6.45, 7) is 2.34. The summed E-state index contributed by atoms with van der Waals surface area (Å²) >= 11 is 0. The fourth-order valence-electron chi connectivity index (χ4n) is 4.23. The zero-order valence-electron chi connectivity index (χ0n) is 19.0. The monoisotopic (exact) mass is 436 g/mol. The Kier molecular flexibility index (Phi) is 5.80. The van der Waals surface area contributed by atoms with E-state index in [4.69, 9.17) is 19.2 Å². The summed E-state index contributed by atoms with van der Waals surface area (Å²) in [5, 5.41) is 3.24. The Morgan fingerprint density at radius 3 is 2.38 bits per heavy atom. The van der Waals surface area contributed by atoms with Gasteiger partial charge in [0, 0.05) is 45.4 Å². The van der Waals surface area contributed by atoms with Crippen molar-refractivity contribution in [1.82, 2.24) is 15.3 Å². The summed E-state index contributed by atoms with van der Waals surface area (Å²) < 4.78 is 16.3. The molecule has 1 aliphatic rings. The zero-order valence-corrected chi connectivity index (χ0v) is 19.0. The molecule has 1 atom stereocenters. The molecule has 2 aromatic carbocycles. The van der Waals surface area contributed by atoms with Gasteiger partial charge in [0.15, 0.2) is 5.78 Å². The van der Waals surface area contributed by atoms with Gasteiger partial charge in [0.2, 0.25) is 0 Å². The van der Waals surface area contributed by atoms with Gasteiger partial charge in [-0.1, -0.05) is 12.1 Å². The molecule has 3 aromatic rings. The number of para-hydroxylation sites is 2. The molecule has 0 saturated heterocycles. The molecule has 0 saturated carbocycles. The van der Waals surface area contributed by atoms with E-state index < -0.39 is 5.54 Å². The number of fused-ring (bicyclic) bond motifs is 1. The smallest absolute Gasteiger partial charge is 0.195 e. The predicted octanol–water partition coefficient (Wildman–Crippen LogP) is 3.35. The summed E-state index contributed by atoms with van der Waals surface area (Å²) in [5.41, 5.74) is 2.05. The van der Waals surface area contributed by atoms with Gasteiger partial charge in [0.25, 0.3) is 0 Å². The molecule has 0 spiro atoms. The molecule has 2 heterocycles. The highest BCUT2D eigenvalue weighted by molar-refractivity contribution is 6.30. The second-order valence-electron chi connectivity index (χ2n) is 7.83. The highest BCUT2D eigenvalue weighted by Crippen LogP contribution is 2.44. The van der Waals surface area contributed by atoms with Crippen molar-refractivity contribution in [3.8, 4) is 11.5 Å². The molecular formula is C24H28N4O4. The Bertz CT molecular complexity index is 1130. The summed E-state index contributed by atoms with van der Waals surface area (Å²) in [7, 11) is 6.64. The van der Waals surface area contributed by atoms with Crippen LogP contribution < -0.4 is 19.7 Å². The highest BCUT2D eigenvalue weighted by Gasteiger charge is 2.51. The number of nitrogens with one attached hydrogen (secondary N) is 2. The number of ether oxygens (including phenoxy) is 3. The van der Waals surface area contributed by atoms with Crippen LogP contribution in [0.3, 0.4) is 0 Å². The van der Waals surface area contributed by atoms with Crippen LogP contribution in [0.4, 0.5) is 5.69 Å². The zero-order chi connectivity index (χ0) is 22.9. The Morgan fingerprint density at radius 2 is 1.78 bits per heavy atom. The minimum Gasteiger partial charge on any atom is -0.497 e. The first-order chi connectivity index (χ1) is 15.5. The average Bonchev–Trinajstić information content (AvgIpc) is 3.33. The third kappa shape index (κ3) is 3.46. The van der Waals surface area contributed by atoms with E-state index in [2.05, 4.69) is 10.3 Å². The quantitative estimate of drug-likeness (QED) is 0.560. The number of aromatic amines is 1. The molecule has 8 nitrogen and oxygen atoms in total. The summed E-state index contributed by atoms with van der Waals surface area (Å²) in [6.07, 6.45) is 0.483. The van der Waals surface area contributed by atoms with Crippen LogP contribution in [0.25, 0.3) is 16.6 Å². The number of hydrogen-bond donors (Lipinski definition) is 2. The van der Waals surface area contributed by atoms with Crippen LogP contribution in [0, 0.1) is 0 Å². The van der Waals surface area contributed by atoms with Crippen molar-refractivity contribution in [2.24, 2.45) is 0 Å². The molecular weight excluding hydrogens is 408 g/mol. The third-order valence-corrected chi connectivity index (χ3v) is 5.92. The van der Waals surface area contributed by atoms with Crippen molar-refractivity contribution in [3.63, 3.8) is 0 Å². The van der Waals surface area contributed by atoms with Crippen LogP contribution in [0.1, 0.15) is 19.2 Å². The maximum atomic E-state index is 14.0. The van der Waals surface area contributed by atoms with Crippen molar-refractivity contribution >= 4 is 28.1 Å². The third-order valence-electron chi connectivity index (χ3n) is 5.92. The molecule has 2 N–H and O–H groups in total. The van der Waals surface area contributed by atoms with Crippen LogP contribution in [0.5, 0.6) is 11.5 Å². The lowest BCUT2D eigenvalue weighted by atomic mass is 9.90. The number of H-pyrrole nitrogens is 1. The molecule has 4 rings (SSSR count). The Morgan fingerprint density at radius 1 is 1.09 bits per heavy atom. The van der Waals surface area contributed by atoms with Crippen LogP contribution in [-0.2, 0) is 9.53 Å². The second-order valence-corrected chi connectivity index (χ2v) is 7.83. The van der Waals surface area contributed by atoms with E-state index in [1.54, 1.807) is 34.4 Å². The predicted molar refractivity (Wildman–Crippen MR) is 124 cm³/mol. The van der Waals surface area contributed by atoms with Crippen molar-refractivity contribution in [2.75, 3.05) is 39.9 Å². The second kappa shape index (κ2) is 8.55. The van der Waals surface area contributed by atoms with Crippen molar-refractivity contribution in [2.45, 2.75) is 18.9 Å². The molecule has 168 valence electrons. The molecule has 0 bridgehead atoms. The first kappa shape index (κ1) is 21.7.